The van der Waals surface area contributed by atoms with Crippen molar-refractivity contribution in [3.05, 3.63) is 41.5 Å². The fourth-order valence-corrected chi connectivity index (χ4v) is 5.43. The summed E-state index contributed by atoms with van der Waals surface area (Å²) in [5, 5.41) is 3.33. The molecule has 1 N–H and O–H groups in total. The Morgan fingerprint density at radius 2 is 1.54 bits per heavy atom. The van der Waals surface area contributed by atoms with Gasteiger partial charge >= 0.3 is 0 Å². The Bertz CT molecular complexity index is 728. The van der Waals surface area contributed by atoms with Gasteiger partial charge in [-0.2, -0.15) is 0 Å². The monoisotopic (exact) mass is 322 g/mol. The van der Waals surface area contributed by atoms with E-state index < -0.39 is 0 Å². The molecule has 4 nitrogen and oxygen atoms in total. The van der Waals surface area contributed by atoms with Crippen LogP contribution in [0.5, 0.6) is 0 Å². The molecule has 0 radical (unpaired) electrons. The quantitative estimate of drug-likeness (QED) is 0.688. The van der Waals surface area contributed by atoms with Crippen LogP contribution in [0.3, 0.4) is 0 Å². The Morgan fingerprint density at radius 3 is 2.08 bits per heavy atom. The fourth-order valence-electron chi connectivity index (χ4n) is 5.43. The molecule has 4 aliphatic carbocycles. The lowest BCUT2D eigenvalue weighted by atomic mass is 9.63. The van der Waals surface area contributed by atoms with E-state index in [1.165, 1.54) is 11.3 Å². The minimum Gasteiger partial charge on any atom is -0.367 e. The van der Waals surface area contributed by atoms with Crippen molar-refractivity contribution in [3.8, 4) is 0 Å². The number of aryl methyl sites for hydroxylation is 2. The molecule has 0 aromatic heterocycles. The third-order valence-electron chi connectivity index (χ3n) is 6.65. The number of hydrogen-bond acceptors (Lipinski definition) is 3. The molecule has 1 aromatic rings. The van der Waals surface area contributed by atoms with Gasteiger partial charge in [-0.15, -0.1) is 0 Å². The lowest BCUT2D eigenvalue weighted by molar-refractivity contribution is -0.139. The van der Waals surface area contributed by atoms with Crippen LogP contribution in [-0.4, -0.2) is 23.4 Å². The number of carbonyl (C=O) groups is 2. The minimum absolute atomic E-state index is 0.0356. The van der Waals surface area contributed by atoms with Crippen LogP contribution >= 0.6 is 0 Å². The normalized spacial score (nSPS) is 38.3. The van der Waals surface area contributed by atoms with Crippen LogP contribution in [0.15, 0.2) is 30.4 Å². The van der Waals surface area contributed by atoms with E-state index in [1.807, 2.05) is 32.0 Å². The highest BCUT2D eigenvalue weighted by molar-refractivity contribution is 6.06. The van der Waals surface area contributed by atoms with E-state index in [-0.39, 0.29) is 30.3 Å². The number of imide groups is 1. The van der Waals surface area contributed by atoms with Crippen LogP contribution in [0.25, 0.3) is 0 Å². The number of para-hydroxylation sites is 1. The van der Waals surface area contributed by atoms with Crippen LogP contribution in [0.1, 0.15) is 17.5 Å². The maximum Gasteiger partial charge on any atom is 0.235 e. The number of benzene rings is 1. The summed E-state index contributed by atoms with van der Waals surface area (Å²) in [7, 11) is 0. The molecule has 6 atom stereocenters. The van der Waals surface area contributed by atoms with Crippen LogP contribution in [0.4, 0.5) is 5.69 Å². The molecular formula is C20H22N2O2. The first-order valence-corrected chi connectivity index (χ1v) is 8.91. The summed E-state index contributed by atoms with van der Waals surface area (Å²) >= 11 is 0. The standard InChI is InChI=1S/C20H22N2O2/c1-10-4-3-5-11(2)18(10)21-9-22-19(23)16-12-6-7-13(15-8-14(12)15)17(16)20(22)24/h3-7,12-17,21H,8-9H2,1-2H3/t12-,13-,14+,15+,16-,17-/m1/s1. The number of amides is 2. The number of allylic oxidation sites excluding steroid dienone is 2. The van der Waals surface area contributed by atoms with Gasteiger partial charge in [0, 0.05) is 5.69 Å². The summed E-state index contributed by atoms with van der Waals surface area (Å²) in [5.41, 5.74) is 3.29. The van der Waals surface area contributed by atoms with Crippen molar-refractivity contribution in [1.82, 2.24) is 4.90 Å². The van der Waals surface area contributed by atoms with Gasteiger partial charge in [-0.05, 0) is 55.1 Å². The molecule has 24 heavy (non-hydrogen) atoms. The van der Waals surface area contributed by atoms with Gasteiger partial charge in [0.15, 0.2) is 0 Å². The van der Waals surface area contributed by atoms with Crippen LogP contribution in [0.2, 0.25) is 0 Å². The molecule has 2 bridgehead atoms. The average Bonchev–Trinajstić information content (AvgIpc) is 3.34. The van der Waals surface area contributed by atoms with E-state index in [4.69, 9.17) is 0 Å². The maximum atomic E-state index is 12.9. The van der Waals surface area contributed by atoms with Crippen molar-refractivity contribution >= 4 is 17.5 Å². The van der Waals surface area contributed by atoms with E-state index in [1.54, 1.807) is 0 Å². The van der Waals surface area contributed by atoms with Gasteiger partial charge in [0.05, 0.1) is 18.5 Å². The zero-order chi connectivity index (χ0) is 16.6. The summed E-state index contributed by atoms with van der Waals surface area (Å²) < 4.78 is 0. The zero-order valence-electron chi connectivity index (χ0n) is 14.0. The number of likely N-dealkylation sites (tertiary alicyclic amines) is 1. The van der Waals surface area contributed by atoms with Gasteiger partial charge in [0.1, 0.15) is 0 Å². The van der Waals surface area contributed by atoms with E-state index in [2.05, 4.69) is 17.5 Å². The lowest BCUT2D eigenvalue weighted by Crippen LogP contribution is -2.40. The first kappa shape index (κ1) is 14.3. The molecule has 6 rings (SSSR count). The van der Waals surface area contributed by atoms with Crippen molar-refractivity contribution in [2.75, 3.05) is 12.0 Å². The number of hydrogen-bond donors (Lipinski definition) is 1. The van der Waals surface area contributed by atoms with Gasteiger partial charge in [-0.25, -0.2) is 0 Å². The lowest BCUT2D eigenvalue weighted by Gasteiger charge is -2.37. The van der Waals surface area contributed by atoms with E-state index in [0.717, 1.165) is 16.8 Å². The SMILES string of the molecule is Cc1cccc(C)c1NCN1C(=O)[C@@H]2[C@@H]3C=C[C@H]([C@@H]4C[C@@H]34)[C@H]2C1=O. The van der Waals surface area contributed by atoms with Crippen molar-refractivity contribution in [1.29, 1.82) is 0 Å². The van der Waals surface area contributed by atoms with E-state index in [0.29, 0.717) is 23.7 Å². The molecule has 4 heteroatoms. The molecule has 5 aliphatic rings. The predicted molar refractivity (Wildman–Crippen MR) is 91.0 cm³/mol. The van der Waals surface area contributed by atoms with Gasteiger partial charge in [0.25, 0.3) is 0 Å². The predicted octanol–water partition coefficient (Wildman–Crippen LogP) is 2.73. The number of nitrogens with one attached hydrogen (secondary N) is 1. The van der Waals surface area contributed by atoms with E-state index in [9.17, 15) is 9.59 Å². The number of carbonyl (C=O) groups excluding carboxylic acids is 2. The van der Waals surface area contributed by atoms with Gasteiger partial charge in [-0.3, -0.25) is 14.5 Å². The molecule has 1 aliphatic heterocycles. The van der Waals surface area contributed by atoms with Gasteiger partial charge in [-0.1, -0.05) is 30.4 Å². The summed E-state index contributed by atoms with van der Waals surface area (Å²) in [6.45, 7) is 4.37. The highest BCUT2D eigenvalue weighted by Crippen LogP contribution is 2.65. The molecule has 2 amide bonds. The van der Waals surface area contributed by atoms with Crippen molar-refractivity contribution < 1.29 is 9.59 Å². The topological polar surface area (TPSA) is 49.4 Å². The number of nitrogens with zero attached hydrogens (tertiary/aromatic N) is 1. The highest BCUT2D eigenvalue weighted by atomic mass is 16.2. The second kappa shape index (κ2) is 4.71. The number of rotatable bonds is 3. The molecule has 1 saturated heterocycles. The third kappa shape index (κ3) is 1.74. The summed E-state index contributed by atoms with van der Waals surface area (Å²) in [4.78, 5) is 27.3. The Hall–Kier alpha value is -2.10. The minimum atomic E-state index is -0.101. The number of anilines is 1. The van der Waals surface area contributed by atoms with Crippen molar-refractivity contribution in [2.45, 2.75) is 20.3 Å². The molecule has 0 spiro atoms. The highest BCUT2D eigenvalue weighted by Gasteiger charge is 2.66. The van der Waals surface area contributed by atoms with Crippen LogP contribution in [0, 0.1) is 49.4 Å². The summed E-state index contributed by atoms with van der Waals surface area (Å²) in [6, 6.07) is 6.10. The van der Waals surface area contributed by atoms with Crippen LogP contribution < -0.4 is 5.32 Å². The molecule has 1 heterocycles. The average molecular weight is 322 g/mol. The van der Waals surface area contributed by atoms with E-state index >= 15 is 0 Å². The molecule has 0 unspecified atom stereocenters. The molecule has 2 saturated carbocycles. The molecule has 3 fully saturated rings. The molecule has 1 aromatic carbocycles. The van der Waals surface area contributed by atoms with Gasteiger partial charge in [0.2, 0.25) is 11.8 Å². The Balaban J connectivity index is 1.39. The first-order valence-electron chi connectivity index (χ1n) is 8.91. The summed E-state index contributed by atoms with van der Waals surface area (Å²) in [5.74, 6) is 1.78. The Morgan fingerprint density at radius 1 is 1.00 bits per heavy atom. The van der Waals surface area contributed by atoms with Gasteiger partial charge < -0.3 is 5.32 Å². The Kier molecular flexibility index (Phi) is 2.80. The summed E-state index contributed by atoms with van der Waals surface area (Å²) in [6.07, 6.45) is 5.64. The van der Waals surface area contributed by atoms with Crippen molar-refractivity contribution in [3.63, 3.8) is 0 Å². The zero-order valence-corrected chi connectivity index (χ0v) is 14.0. The fraction of sp³-hybridized carbons (Fsp3) is 0.500. The first-order chi connectivity index (χ1) is 11.6. The smallest absolute Gasteiger partial charge is 0.235 e. The molecule has 124 valence electrons. The van der Waals surface area contributed by atoms with Crippen molar-refractivity contribution in [2.24, 2.45) is 35.5 Å². The molecular weight excluding hydrogens is 300 g/mol. The second-order valence-electron chi connectivity index (χ2n) is 7.86. The second-order valence-corrected chi connectivity index (χ2v) is 7.86. The maximum absolute atomic E-state index is 12.9. The van der Waals surface area contributed by atoms with Crippen LogP contribution in [-0.2, 0) is 9.59 Å². The largest absolute Gasteiger partial charge is 0.367 e. The Labute approximate surface area is 141 Å². The third-order valence-corrected chi connectivity index (χ3v) is 6.65.